The normalized spacial score (nSPS) is 12.2. The van der Waals surface area contributed by atoms with Crippen LogP contribution in [0.2, 0.25) is 0 Å². The predicted octanol–water partition coefficient (Wildman–Crippen LogP) is 3.49. The molecular weight excluding hydrogens is 326 g/mol. The highest BCUT2D eigenvalue weighted by Gasteiger charge is 2.18. The van der Waals surface area contributed by atoms with Crippen LogP contribution in [0.3, 0.4) is 0 Å². The molecule has 3 aromatic rings. The third-order valence-electron chi connectivity index (χ3n) is 4.32. The van der Waals surface area contributed by atoms with Gasteiger partial charge in [-0.15, -0.1) is 0 Å². The van der Waals surface area contributed by atoms with E-state index < -0.39 is 0 Å². The summed E-state index contributed by atoms with van der Waals surface area (Å²) in [6.45, 7) is 5.98. The van der Waals surface area contributed by atoms with Gasteiger partial charge in [0.15, 0.2) is 0 Å². The van der Waals surface area contributed by atoms with Gasteiger partial charge in [0.1, 0.15) is 5.82 Å². The van der Waals surface area contributed by atoms with E-state index in [0.717, 1.165) is 22.4 Å². The Morgan fingerprint density at radius 2 is 1.88 bits per heavy atom. The van der Waals surface area contributed by atoms with Crippen molar-refractivity contribution in [3.05, 3.63) is 66.0 Å². The maximum atomic E-state index is 12.4. The van der Waals surface area contributed by atoms with Crippen molar-refractivity contribution in [3.8, 4) is 0 Å². The van der Waals surface area contributed by atoms with E-state index in [1.54, 1.807) is 0 Å². The molecule has 5 heteroatoms. The highest BCUT2D eigenvalue weighted by molar-refractivity contribution is 5.79. The number of imidazole rings is 1. The number of carbonyl (C=O) groups excluding carboxylic acids is 1. The molecule has 136 valence electrons. The number of carbonyl (C=O) groups is 1. The smallest absolute Gasteiger partial charge is 0.224 e. The Morgan fingerprint density at radius 3 is 2.65 bits per heavy atom. The first kappa shape index (κ1) is 18.1. The monoisotopic (exact) mass is 351 g/mol. The van der Waals surface area contributed by atoms with Crippen LogP contribution >= 0.6 is 0 Å². The van der Waals surface area contributed by atoms with Gasteiger partial charge in [-0.25, -0.2) is 4.98 Å². The van der Waals surface area contributed by atoms with Crippen molar-refractivity contribution in [2.24, 2.45) is 0 Å². The summed E-state index contributed by atoms with van der Waals surface area (Å²) in [6.07, 6.45) is 0.365. The lowest BCUT2D eigenvalue weighted by Gasteiger charge is -2.16. The number of nitrogens with one attached hydrogen (secondary N) is 1. The van der Waals surface area contributed by atoms with Gasteiger partial charge in [-0.3, -0.25) is 4.79 Å². The van der Waals surface area contributed by atoms with E-state index in [9.17, 15) is 4.79 Å². The molecule has 1 unspecified atom stereocenters. The van der Waals surface area contributed by atoms with Crippen molar-refractivity contribution in [1.82, 2.24) is 14.9 Å². The van der Waals surface area contributed by atoms with Crippen LogP contribution in [0.15, 0.2) is 54.6 Å². The number of hydrogen-bond acceptors (Lipinski definition) is 3. The molecule has 0 aliphatic carbocycles. The van der Waals surface area contributed by atoms with E-state index in [2.05, 4.69) is 16.0 Å². The summed E-state index contributed by atoms with van der Waals surface area (Å²) >= 11 is 0. The van der Waals surface area contributed by atoms with Gasteiger partial charge < -0.3 is 14.6 Å². The van der Waals surface area contributed by atoms with E-state index in [0.29, 0.717) is 26.2 Å². The second-order valence-corrected chi connectivity index (χ2v) is 6.26. The second kappa shape index (κ2) is 8.63. The highest BCUT2D eigenvalue weighted by Crippen LogP contribution is 2.21. The number of para-hydroxylation sites is 2. The van der Waals surface area contributed by atoms with Crippen LogP contribution in [-0.4, -0.2) is 28.7 Å². The number of benzene rings is 2. The highest BCUT2D eigenvalue weighted by atomic mass is 16.5. The average molecular weight is 351 g/mol. The molecule has 0 aliphatic rings. The molecule has 1 N–H and O–H groups in total. The van der Waals surface area contributed by atoms with Gasteiger partial charge in [0, 0.05) is 13.2 Å². The van der Waals surface area contributed by atoms with Crippen LogP contribution in [0.4, 0.5) is 0 Å². The van der Waals surface area contributed by atoms with Crippen LogP contribution < -0.4 is 5.32 Å². The van der Waals surface area contributed by atoms with Crippen LogP contribution in [0.1, 0.15) is 31.3 Å². The molecule has 0 bridgehead atoms. The predicted molar refractivity (Wildman–Crippen MR) is 103 cm³/mol. The molecule has 0 aliphatic heterocycles. The van der Waals surface area contributed by atoms with E-state index in [1.165, 1.54) is 0 Å². The maximum absolute atomic E-state index is 12.4. The molecule has 3 rings (SSSR count). The van der Waals surface area contributed by atoms with Crippen LogP contribution in [0.25, 0.3) is 11.0 Å². The summed E-state index contributed by atoms with van der Waals surface area (Å²) in [7, 11) is 0. The maximum Gasteiger partial charge on any atom is 0.224 e. The fourth-order valence-corrected chi connectivity index (χ4v) is 3.10. The number of amides is 1. The molecule has 1 amide bonds. The zero-order chi connectivity index (χ0) is 18.4. The lowest BCUT2D eigenvalue weighted by atomic mass is 10.1. The van der Waals surface area contributed by atoms with Crippen molar-refractivity contribution in [1.29, 1.82) is 0 Å². The number of rotatable bonds is 8. The summed E-state index contributed by atoms with van der Waals surface area (Å²) in [6, 6.07) is 17.6. The molecule has 0 radical (unpaired) electrons. The molecule has 1 atom stereocenters. The summed E-state index contributed by atoms with van der Waals surface area (Å²) < 4.78 is 7.65. The van der Waals surface area contributed by atoms with Crippen LogP contribution in [0.5, 0.6) is 0 Å². The Hall–Kier alpha value is -2.66. The minimum atomic E-state index is -0.180. The zero-order valence-corrected chi connectivity index (χ0v) is 15.3. The summed E-state index contributed by atoms with van der Waals surface area (Å²) in [5.41, 5.74) is 3.00. The van der Waals surface area contributed by atoms with Gasteiger partial charge in [-0.05, 0) is 31.5 Å². The Bertz CT molecular complexity index is 858. The molecular formula is C21H25N3O2. The number of hydrogen-bond donors (Lipinski definition) is 1. The van der Waals surface area contributed by atoms with Gasteiger partial charge in [0.05, 0.1) is 30.1 Å². The fourth-order valence-electron chi connectivity index (χ4n) is 3.10. The van der Waals surface area contributed by atoms with Crippen LogP contribution in [-0.2, 0) is 22.5 Å². The Labute approximate surface area is 154 Å². The molecule has 0 saturated carbocycles. The first-order chi connectivity index (χ1) is 12.7. The lowest BCUT2D eigenvalue weighted by Crippen LogP contribution is -2.30. The molecule has 0 spiro atoms. The minimum absolute atomic E-state index is 0.00730. The molecule has 1 heterocycles. The SMILES string of the molecule is CCOCCn1c(C(C)NC(=O)Cc2ccccc2)nc2ccccc21. The third kappa shape index (κ3) is 4.29. The van der Waals surface area contributed by atoms with Gasteiger partial charge >= 0.3 is 0 Å². The summed E-state index contributed by atoms with van der Waals surface area (Å²) in [5.74, 6) is 0.847. The molecule has 0 saturated heterocycles. The number of aromatic nitrogens is 2. The molecule has 5 nitrogen and oxygen atoms in total. The largest absolute Gasteiger partial charge is 0.380 e. The van der Waals surface area contributed by atoms with Crippen LogP contribution in [0, 0.1) is 0 Å². The first-order valence-electron chi connectivity index (χ1n) is 9.05. The van der Waals surface area contributed by atoms with Crippen molar-refractivity contribution in [2.75, 3.05) is 13.2 Å². The van der Waals surface area contributed by atoms with Gasteiger partial charge in [0.2, 0.25) is 5.91 Å². The van der Waals surface area contributed by atoms with Crippen molar-refractivity contribution in [3.63, 3.8) is 0 Å². The van der Waals surface area contributed by atoms with E-state index in [-0.39, 0.29) is 11.9 Å². The van der Waals surface area contributed by atoms with Gasteiger partial charge in [0.25, 0.3) is 0 Å². The first-order valence-corrected chi connectivity index (χ1v) is 9.05. The summed E-state index contributed by atoms with van der Waals surface area (Å²) in [4.78, 5) is 17.2. The molecule has 0 fully saturated rings. The molecule has 1 aromatic heterocycles. The fraction of sp³-hybridized carbons (Fsp3) is 0.333. The lowest BCUT2D eigenvalue weighted by molar-refractivity contribution is -0.121. The van der Waals surface area contributed by atoms with Gasteiger partial charge in [-0.2, -0.15) is 0 Å². The topological polar surface area (TPSA) is 56.1 Å². The number of nitrogens with zero attached hydrogens (tertiary/aromatic N) is 2. The van der Waals surface area contributed by atoms with Crippen molar-refractivity contribution in [2.45, 2.75) is 32.9 Å². The van der Waals surface area contributed by atoms with E-state index in [1.807, 2.05) is 62.4 Å². The third-order valence-corrected chi connectivity index (χ3v) is 4.32. The molecule has 2 aromatic carbocycles. The van der Waals surface area contributed by atoms with Crippen molar-refractivity contribution < 1.29 is 9.53 Å². The number of ether oxygens (including phenoxy) is 1. The number of fused-ring (bicyclic) bond motifs is 1. The standard InChI is InChI=1S/C21H25N3O2/c1-3-26-14-13-24-19-12-8-7-11-18(19)23-21(24)16(2)22-20(25)15-17-9-5-4-6-10-17/h4-12,16H,3,13-15H2,1-2H3,(H,22,25). The van der Waals surface area contributed by atoms with Gasteiger partial charge in [-0.1, -0.05) is 42.5 Å². The average Bonchev–Trinajstić information content (AvgIpc) is 3.02. The zero-order valence-electron chi connectivity index (χ0n) is 15.3. The van der Waals surface area contributed by atoms with E-state index in [4.69, 9.17) is 9.72 Å². The Kier molecular flexibility index (Phi) is 6.02. The molecule has 26 heavy (non-hydrogen) atoms. The second-order valence-electron chi connectivity index (χ2n) is 6.26. The quantitative estimate of drug-likeness (QED) is 0.632. The van der Waals surface area contributed by atoms with Crippen molar-refractivity contribution >= 4 is 16.9 Å². The minimum Gasteiger partial charge on any atom is -0.380 e. The Balaban J connectivity index is 1.77. The summed E-state index contributed by atoms with van der Waals surface area (Å²) in [5, 5.41) is 3.07. The van der Waals surface area contributed by atoms with E-state index >= 15 is 0 Å². The Morgan fingerprint density at radius 1 is 1.15 bits per heavy atom.